The molecule has 0 bridgehead atoms. The summed E-state index contributed by atoms with van der Waals surface area (Å²) in [5.74, 6) is 0.118. The zero-order valence-electron chi connectivity index (χ0n) is 16.9. The van der Waals surface area contributed by atoms with Crippen LogP contribution in [0.3, 0.4) is 0 Å². The molecule has 30 heavy (non-hydrogen) atoms. The molecule has 0 radical (unpaired) electrons. The first-order chi connectivity index (χ1) is 14.6. The first-order valence-electron chi connectivity index (χ1n) is 10.6. The molecule has 3 aliphatic rings. The molecular weight excluding hydrogens is 402 g/mol. The minimum absolute atomic E-state index is 0.0558. The Bertz CT molecular complexity index is 980. The number of benzene rings is 2. The maximum absolute atomic E-state index is 12.8. The van der Waals surface area contributed by atoms with Crippen molar-refractivity contribution in [2.24, 2.45) is 0 Å². The van der Waals surface area contributed by atoms with Crippen LogP contribution in [0.4, 0.5) is 0 Å². The van der Waals surface area contributed by atoms with E-state index in [1.54, 1.807) is 0 Å². The largest absolute Gasteiger partial charge is 0.347 e. The van der Waals surface area contributed by atoms with Crippen LogP contribution in [0.2, 0.25) is 0 Å². The zero-order valence-corrected chi connectivity index (χ0v) is 17.7. The molecule has 0 N–H and O–H groups in total. The van der Waals surface area contributed by atoms with Gasteiger partial charge in [0.1, 0.15) is 25.2 Å². The van der Waals surface area contributed by atoms with Gasteiger partial charge in [0, 0.05) is 19.0 Å². The summed E-state index contributed by atoms with van der Waals surface area (Å²) in [6, 6.07) is 18.2. The molecule has 5 rings (SSSR count). The summed E-state index contributed by atoms with van der Waals surface area (Å²) < 4.78 is 42.8. The number of fused-ring (bicyclic) bond motifs is 2. The fraction of sp³-hybridized carbons (Fsp3) is 0.478. The van der Waals surface area contributed by atoms with Crippen molar-refractivity contribution in [3.05, 3.63) is 71.3 Å². The molecule has 0 amide bonds. The Morgan fingerprint density at radius 3 is 2.70 bits per heavy atom. The highest BCUT2D eigenvalue weighted by atomic mass is 32.2. The second-order valence-corrected chi connectivity index (χ2v) is 9.97. The highest BCUT2D eigenvalue weighted by Crippen LogP contribution is 2.38. The Balaban J connectivity index is 1.25. The van der Waals surface area contributed by atoms with Gasteiger partial charge in [-0.3, -0.25) is 9.08 Å². The molecule has 2 aliphatic heterocycles. The quantitative estimate of drug-likeness (QED) is 0.657. The molecule has 0 saturated carbocycles. The standard InChI is InChI=1S/C23H27NO5S/c25-30(26,29-21-12-6-10-17-9-4-5-11-19(17)21)14-13-24-15-20(18-7-2-1-3-8-18)22-23(24)28-16-27-22/h1-5,7-9,11,20-23H,6,10,12-16H2. The van der Waals surface area contributed by atoms with E-state index in [4.69, 9.17) is 13.7 Å². The maximum atomic E-state index is 12.8. The van der Waals surface area contributed by atoms with E-state index >= 15 is 0 Å². The monoisotopic (exact) mass is 429 g/mol. The molecule has 2 aromatic carbocycles. The zero-order chi connectivity index (χ0) is 20.6. The van der Waals surface area contributed by atoms with Crippen LogP contribution in [0.5, 0.6) is 0 Å². The van der Waals surface area contributed by atoms with Crippen molar-refractivity contribution < 1.29 is 22.1 Å². The highest BCUT2D eigenvalue weighted by molar-refractivity contribution is 7.86. The summed E-state index contributed by atoms with van der Waals surface area (Å²) in [5, 5.41) is 0. The average Bonchev–Trinajstić information content (AvgIpc) is 3.36. The summed E-state index contributed by atoms with van der Waals surface area (Å²) in [6.45, 7) is 1.32. The van der Waals surface area contributed by atoms with Crippen LogP contribution in [0, 0.1) is 0 Å². The second-order valence-electron chi connectivity index (χ2n) is 8.26. The third-order valence-corrected chi connectivity index (χ3v) is 7.61. The topological polar surface area (TPSA) is 65.1 Å². The molecule has 6 nitrogen and oxygen atoms in total. The van der Waals surface area contributed by atoms with Crippen LogP contribution in [-0.2, 0) is 30.2 Å². The molecule has 2 aromatic rings. The summed E-state index contributed by atoms with van der Waals surface area (Å²) in [6.07, 6.45) is 2.00. The third kappa shape index (κ3) is 4.05. The van der Waals surface area contributed by atoms with Gasteiger partial charge in [0.2, 0.25) is 0 Å². The van der Waals surface area contributed by atoms with E-state index in [0.717, 1.165) is 24.8 Å². The fourth-order valence-corrected chi connectivity index (χ4v) is 6.04. The van der Waals surface area contributed by atoms with E-state index < -0.39 is 10.1 Å². The molecular formula is C23H27NO5S. The van der Waals surface area contributed by atoms with Gasteiger partial charge in [-0.15, -0.1) is 0 Å². The van der Waals surface area contributed by atoms with Gasteiger partial charge in [0.15, 0.2) is 0 Å². The molecule has 0 aromatic heterocycles. The minimum atomic E-state index is -3.66. The summed E-state index contributed by atoms with van der Waals surface area (Å²) in [5.41, 5.74) is 3.39. The van der Waals surface area contributed by atoms with E-state index in [9.17, 15) is 8.42 Å². The first kappa shape index (κ1) is 20.2. The lowest BCUT2D eigenvalue weighted by molar-refractivity contribution is -0.0187. The van der Waals surface area contributed by atoms with Crippen LogP contribution >= 0.6 is 0 Å². The van der Waals surface area contributed by atoms with Crippen LogP contribution in [0.25, 0.3) is 0 Å². The van der Waals surface area contributed by atoms with Gasteiger partial charge in [0.25, 0.3) is 10.1 Å². The van der Waals surface area contributed by atoms with Crippen LogP contribution in [0.1, 0.15) is 41.6 Å². The number of hydrogen-bond acceptors (Lipinski definition) is 6. The number of nitrogens with zero attached hydrogens (tertiary/aromatic N) is 1. The Morgan fingerprint density at radius 2 is 1.83 bits per heavy atom. The van der Waals surface area contributed by atoms with Gasteiger partial charge in [-0.05, 0) is 36.0 Å². The Labute approximate surface area is 177 Å². The van der Waals surface area contributed by atoms with Crippen molar-refractivity contribution in [2.45, 2.75) is 43.6 Å². The second kappa shape index (κ2) is 8.40. The van der Waals surface area contributed by atoms with E-state index in [1.165, 1.54) is 11.1 Å². The smallest absolute Gasteiger partial charge is 0.269 e. The van der Waals surface area contributed by atoms with Crippen molar-refractivity contribution in [3.63, 3.8) is 0 Å². The molecule has 2 heterocycles. The SMILES string of the molecule is O=S(=O)(CCN1CC(c2ccccc2)C2OCOC21)OC1CCCc2ccccc21. The van der Waals surface area contributed by atoms with Crippen molar-refractivity contribution in [3.8, 4) is 0 Å². The van der Waals surface area contributed by atoms with Gasteiger partial charge in [-0.2, -0.15) is 8.42 Å². The lowest BCUT2D eigenvalue weighted by Gasteiger charge is -2.26. The van der Waals surface area contributed by atoms with Crippen molar-refractivity contribution in [1.82, 2.24) is 4.90 Å². The van der Waals surface area contributed by atoms with Crippen molar-refractivity contribution in [1.29, 1.82) is 0 Å². The normalized spacial score (nSPS) is 28.9. The predicted molar refractivity (Wildman–Crippen MR) is 112 cm³/mol. The molecule has 4 unspecified atom stereocenters. The number of aryl methyl sites for hydroxylation is 1. The Morgan fingerprint density at radius 1 is 1.03 bits per heavy atom. The molecule has 0 spiro atoms. The highest BCUT2D eigenvalue weighted by Gasteiger charge is 2.47. The number of rotatable bonds is 6. The number of ether oxygens (including phenoxy) is 2. The van der Waals surface area contributed by atoms with Crippen LogP contribution in [-0.4, -0.2) is 51.3 Å². The summed E-state index contributed by atoms with van der Waals surface area (Å²) in [4.78, 5) is 2.07. The molecule has 7 heteroatoms. The Hall–Kier alpha value is -1.77. The van der Waals surface area contributed by atoms with Gasteiger partial charge < -0.3 is 9.47 Å². The molecule has 160 valence electrons. The maximum Gasteiger partial charge on any atom is 0.269 e. The fourth-order valence-electron chi connectivity index (χ4n) is 4.93. The molecule has 4 atom stereocenters. The average molecular weight is 430 g/mol. The lowest BCUT2D eigenvalue weighted by Crippen LogP contribution is -2.37. The predicted octanol–water partition coefficient (Wildman–Crippen LogP) is 3.21. The summed E-state index contributed by atoms with van der Waals surface area (Å²) in [7, 11) is -3.66. The lowest BCUT2D eigenvalue weighted by atomic mass is 9.90. The van der Waals surface area contributed by atoms with Crippen LogP contribution in [0.15, 0.2) is 54.6 Å². The van der Waals surface area contributed by atoms with Gasteiger partial charge in [-0.25, -0.2) is 0 Å². The molecule has 1 aliphatic carbocycles. The van der Waals surface area contributed by atoms with E-state index in [2.05, 4.69) is 23.1 Å². The first-order valence-corrected chi connectivity index (χ1v) is 12.2. The van der Waals surface area contributed by atoms with Crippen molar-refractivity contribution in [2.75, 3.05) is 25.6 Å². The van der Waals surface area contributed by atoms with E-state index in [-0.39, 0.29) is 36.9 Å². The van der Waals surface area contributed by atoms with E-state index in [1.807, 2.05) is 36.4 Å². The Kier molecular flexibility index (Phi) is 5.64. The molecule has 2 fully saturated rings. The van der Waals surface area contributed by atoms with Gasteiger partial charge in [-0.1, -0.05) is 54.6 Å². The number of hydrogen-bond donors (Lipinski definition) is 0. The number of likely N-dealkylation sites (tertiary alicyclic amines) is 1. The van der Waals surface area contributed by atoms with Crippen LogP contribution < -0.4 is 0 Å². The van der Waals surface area contributed by atoms with Gasteiger partial charge >= 0.3 is 0 Å². The van der Waals surface area contributed by atoms with Gasteiger partial charge in [0.05, 0.1) is 5.75 Å². The van der Waals surface area contributed by atoms with Crippen molar-refractivity contribution >= 4 is 10.1 Å². The minimum Gasteiger partial charge on any atom is -0.347 e. The third-order valence-electron chi connectivity index (χ3n) is 6.40. The molecule has 2 saturated heterocycles. The summed E-state index contributed by atoms with van der Waals surface area (Å²) >= 11 is 0. The van der Waals surface area contributed by atoms with E-state index in [0.29, 0.717) is 13.1 Å².